The van der Waals surface area contributed by atoms with Crippen LogP contribution in [0.5, 0.6) is 11.5 Å². The topological polar surface area (TPSA) is 56.5 Å². The van der Waals surface area contributed by atoms with Crippen molar-refractivity contribution in [1.29, 1.82) is 0 Å². The van der Waals surface area contributed by atoms with Gasteiger partial charge in [-0.05, 0) is 43.4 Å². The first-order valence-corrected chi connectivity index (χ1v) is 6.76. The van der Waals surface area contributed by atoms with Crippen LogP contribution in [0.15, 0.2) is 12.1 Å². The Balaban J connectivity index is 2.02. The number of rotatable bonds is 7. The van der Waals surface area contributed by atoms with Crippen molar-refractivity contribution in [1.82, 2.24) is 5.32 Å². The number of ether oxygens (including phenoxy) is 2. The van der Waals surface area contributed by atoms with E-state index in [4.69, 9.17) is 15.2 Å². The summed E-state index contributed by atoms with van der Waals surface area (Å²) < 4.78 is 10.7. The Bertz CT molecular complexity index is 442. The van der Waals surface area contributed by atoms with Gasteiger partial charge in [-0.1, -0.05) is 0 Å². The number of nitrogens with two attached hydrogens (primary N) is 1. The maximum Gasteiger partial charge on any atom is 0.127 e. The molecule has 3 N–H and O–H groups in total. The molecule has 4 heteroatoms. The zero-order valence-corrected chi connectivity index (χ0v) is 12.1. The van der Waals surface area contributed by atoms with Crippen molar-refractivity contribution < 1.29 is 9.47 Å². The maximum absolute atomic E-state index is 5.79. The number of hydrogen-bond acceptors (Lipinski definition) is 4. The van der Waals surface area contributed by atoms with Crippen LogP contribution >= 0.6 is 0 Å². The van der Waals surface area contributed by atoms with Crippen LogP contribution in [0.4, 0.5) is 0 Å². The zero-order chi connectivity index (χ0) is 13.9. The van der Waals surface area contributed by atoms with E-state index < -0.39 is 0 Å². The summed E-state index contributed by atoms with van der Waals surface area (Å²) >= 11 is 0. The van der Waals surface area contributed by atoms with Gasteiger partial charge < -0.3 is 20.5 Å². The van der Waals surface area contributed by atoms with E-state index >= 15 is 0 Å². The molecule has 1 aliphatic rings. The van der Waals surface area contributed by atoms with Crippen LogP contribution in [0.1, 0.15) is 24.0 Å². The van der Waals surface area contributed by atoms with Crippen LogP contribution in [-0.2, 0) is 6.54 Å². The molecule has 106 valence electrons. The highest BCUT2D eigenvalue weighted by molar-refractivity contribution is 5.46. The number of nitrogens with one attached hydrogen (secondary N) is 1. The van der Waals surface area contributed by atoms with E-state index in [1.54, 1.807) is 14.2 Å². The number of hydrogen-bond donors (Lipinski definition) is 2. The second-order valence-corrected chi connectivity index (χ2v) is 5.43. The van der Waals surface area contributed by atoms with E-state index in [-0.39, 0.29) is 0 Å². The lowest BCUT2D eigenvalue weighted by molar-refractivity contribution is 0.387. The quantitative estimate of drug-likeness (QED) is 0.789. The van der Waals surface area contributed by atoms with Gasteiger partial charge in [0, 0.05) is 24.7 Å². The minimum Gasteiger partial charge on any atom is -0.497 e. The van der Waals surface area contributed by atoms with Gasteiger partial charge in [0.05, 0.1) is 14.2 Å². The van der Waals surface area contributed by atoms with E-state index in [9.17, 15) is 0 Å². The Hall–Kier alpha value is -1.26. The monoisotopic (exact) mass is 264 g/mol. The fourth-order valence-corrected chi connectivity index (χ4v) is 2.36. The minimum absolute atomic E-state index is 0.355. The van der Waals surface area contributed by atoms with Gasteiger partial charge >= 0.3 is 0 Å². The Morgan fingerprint density at radius 2 is 2.00 bits per heavy atom. The summed E-state index contributed by atoms with van der Waals surface area (Å²) in [5, 5.41) is 3.51. The van der Waals surface area contributed by atoms with E-state index in [0.29, 0.717) is 5.41 Å². The van der Waals surface area contributed by atoms with Crippen molar-refractivity contribution in [3.63, 3.8) is 0 Å². The average Bonchev–Trinajstić information content (AvgIpc) is 3.20. The van der Waals surface area contributed by atoms with Gasteiger partial charge in [-0.15, -0.1) is 0 Å². The molecule has 1 aromatic rings. The molecule has 0 radical (unpaired) electrons. The normalized spacial score (nSPS) is 16.2. The second-order valence-electron chi connectivity index (χ2n) is 5.43. The molecule has 2 rings (SSSR count). The van der Waals surface area contributed by atoms with Gasteiger partial charge in [-0.25, -0.2) is 0 Å². The van der Waals surface area contributed by atoms with Crippen LogP contribution in [0, 0.1) is 12.3 Å². The van der Waals surface area contributed by atoms with Crippen molar-refractivity contribution in [3.05, 3.63) is 23.3 Å². The van der Waals surface area contributed by atoms with Crippen LogP contribution in [0.3, 0.4) is 0 Å². The predicted octanol–water partition coefficient (Wildman–Crippen LogP) is 1.84. The van der Waals surface area contributed by atoms with E-state index in [1.165, 1.54) is 24.0 Å². The first kappa shape index (κ1) is 14.2. The Morgan fingerprint density at radius 3 is 2.53 bits per heavy atom. The molecule has 1 aliphatic carbocycles. The van der Waals surface area contributed by atoms with Crippen molar-refractivity contribution in [3.8, 4) is 11.5 Å². The molecular formula is C15H24N2O2. The number of aryl methyl sites for hydroxylation is 1. The molecule has 0 saturated heterocycles. The first-order chi connectivity index (χ1) is 9.14. The van der Waals surface area contributed by atoms with Gasteiger partial charge in [-0.3, -0.25) is 0 Å². The molecule has 0 spiro atoms. The van der Waals surface area contributed by atoms with Gasteiger partial charge in [0.2, 0.25) is 0 Å². The largest absolute Gasteiger partial charge is 0.497 e. The molecule has 0 unspecified atom stereocenters. The summed E-state index contributed by atoms with van der Waals surface area (Å²) in [6.07, 6.45) is 2.49. The molecule has 1 saturated carbocycles. The van der Waals surface area contributed by atoms with Gasteiger partial charge in [0.1, 0.15) is 11.5 Å². The standard InChI is InChI=1S/C15H24N2O2/c1-11-6-12(18-2)7-14(19-3)13(11)8-17-10-15(9-16)4-5-15/h6-7,17H,4-5,8-10,16H2,1-3H3. The number of benzene rings is 1. The Morgan fingerprint density at radius 1 is 1.26 bits per heavy atom. The van der Waals surface area contributed by atoms with Crippen molar-refractivity contribution in [2.24, 2.45) is 11.1 Å². The molecule has 4 nitrogen and oxygen atoms in total. The van der Waals surface area contributed by atoms with E-state index in [0.717, 1.165) is 31.1 Å². The van der Waals surface area contributed by atoms with Crippen molar-refractivity contribution >= 4 is 0 Å². The summed E-state index contributed by atoms with van der Waals surface area (Å²) in [6.45, 7) is 4.65. The molecule has 19 heavy (non-hydrogen) atoms. The Kier molecular flexibility index (Phi) is 4.32. The van der Waals surface area contributed by atoms with Crippen molar-refractivity contribution in [2.75, 3.05) is 27.3 Å². The molecule has 0 aliphatic heterocycles. The molecule has 0 bridgehead atoms. The summed E-state index contributed by atoms with van der Waals surface area (Å²) in [5.41, 5.74) is 8.52. The minimum atomic E-state index is 0.355. The van der Waals surface area contributed by atoms with Crippen molar-refractivity contribution in [2.45, 2.75) is 26.3 Å². The molecule has 1 fully saturated rings. The number of methoxy groups -OCH3 is 2. The lowest BCUT2D eigenvalue weighted by Crippen LogP contribution is -2.29. The predicted molar refractivity (Wildman–Crippen MR) is 76.7 cm³/mol. The summed E-state index contributed by atoms with van der Waals surface area (Å²) in [7, 11) is 3.37. The van der Waals surface area contributed by atoms with Crippen LogP contribution in [0.2, 0.25) is 0 Å². The lowest BCUT2D eigenvalue weighted by Gasteiger charge is -2.17. The highest BCUT2D eigenvalue weighted by atomic mass is 16.5. The fraction of sp³-hybridized carbons (Fsp3) is 0.600. The average molecular weight is 264 g/mol. The third kappa shape index (κ3) is 3.19. The highest BCUT2D eigenvalue weighted by Crippen LogP contribution is 2.43. The van der Waals surface area contributed by atoms with Crippen LogP contribution in [-0.4, -0.2) is 27.3 Å². The third-order valence-corrected chi connectivity index (χ3v) is 4.05. The zero-order valence-electron chi connectivity index (χ0n) is 12.1. The molecule has 1 aromatic carbocycles. The van der Waals surface area contributed by atoms with Crippen LogP contribution in [0.25, 0.3) is 0 Å². The molecule has 0 heterocycles. The fourth-order valence-electron chi connectivity index (χ4n) is 2.36. The first-order valence-electron chi connectivity index (χ1n) is 6.76. The van der Waals surface area contributed by atoms with Crippen LogP contribution < -0.4 is 20.5 Å². The molecular weight excluding hydrogens is 240 g/mol. The molecule has 0 atom stereocenters. The Labute approximate surface area is 115 Å². The second kappa shape index (κ2) is 5.80. The lowest BCUT2D eigenvalue weighted by atomic mass is 10.1. The summed E-state index contributed by atoms with van der Waals surface area (Å²) in [4.78, 5) is 0. The van der Waals surface area contributed by atoms with Gasteiger partial charge in [-0.2, -0.15) is 0 Å². The SMILES string of the molecule is COc1cc(C)c(CNCC2(CN)CC2)c(OC)c1. The molecule has 0 aromatic heterocycles. The molecule has 0 amide bonds. The highest BCUT2D eigenvalue weighted by Gasteiger charge is 2.40. The van der Waals surface area contributed by atoms with E-state index in [1.807, 2.05) is 12.1 Å². The summed E-state index contributed by atoms with van der Waals surface area (Å²) in [5.74, 6) is 1.71. The third-order valence-electron chi connectivity index (χ3n) is 4.05. The van der Waals surface area contributed by atoms with Gasteiger partial charge in [0.15, 0.2) is 0 Å². The van der Waals surface area contributed by atoms with Gasteiger partial charge in [0.25, 0.3) is 0 Å². The smallest absolute Gasteiger partial charge is 0.127 e. The van der Waals surface area contributed by atoms with E-state index in [2.05, 4.69) is 12.2 Å². The summed E-state index contributed by atoms with van der Waals surface area (Å²) in [6, 6.07) is 3.97. The maximum atomic E-state index is 5.79.